The van der Waals surface area contributed by atoms with E-state index in [2.05, 4.69) is 32.6 Å². The molecule has 0 aromatic carbocycles. The third-order valence-electron chi connectivity index (χ3n) is 4.77. The van der Waals surface area contributed by atoms with E-state index in [0.717, 1.165) is 19.6 Å². The van der Waals surface area contributed by atoms with Crippen molar-refractivity contribution in [2.45, 2.75) is 71.1 Å². The second-order valence-electron chi connectivity index (χ2n) is 7.29. The van der Waals surface area contributed by atoms with Crippen LogP contribution in [0.2, 0.25) is 0 Å². The Bertz CT molecular complexity index is 282. The number of ether oxygens (including phenoxy) is 1. The molecule has 3 nitrogen and oxygen atoms in total. The average Bonchev–Trinajstić information content (AvgIpc) is 2.26. The van der Waals surface area contributed by atoms with Crippen LogP contribution < -0.4 is 5.73 Å². The van der Waals surface area contributed by atoms with Gasteiger partial charge in [0.25, 0.3) is 0 Å². The third-order valence-corrected chi connectivity index (χ3v) is 4.77. The number of nitrogens with zero attached hydrogens (tertiary/aromatic N) is 1. The minimum Gasteiger partial charge on any atom is -0.373 e. The summed E-state index contributed by atoms with van der Waals surface area (Å²) in [4.78, 5) is 2.63. The van der Waals surface area contributed by atoms with Crippen molar-refractivity contribution in [3.8, 4) is 0 Å². The fraction of sp³-hybridized carbons (Fsp3) is 1.00. The molecular weight excluding hydrogens is 224 g/mol. The first-order valence-electron chi connectivity index (χ1n) is 7.47. The van der Waals surface area contributed by atoms with E-state index in [0.29, 0.717) is 17.6 Å². The van der Waals surface area contributed by atoms with Crippen molar-refractivity contribution >= 4 is 0 Å². The van der Waals surface area contributed by atoms with Gasteiger partial charge in [0.1, 0.15) is 0 Å². The summed E-state index contributed by atoms with van der Waals surface area (Å²) in [6, 6.07) is 0. The molecule has 2 N–H and O–H groups in total. The van der Waals surface area contributed by atoms with Gasteiger partial charge in [0.05, 0.1) is 12.2 Å². The standard InChI is InChI=1S/C15H30N2O/c1-12-8-17(9-13(2)18-12)15(11-16)7-5-6-14(3,4)10-15/h12-13H,5-11,16H2,1-4H3. The maximum Gasteiger partial charge on any atom is 0.0678 e. The largest absolute Gasteiger partial charge is 0.373 e. The number of hydrogen-bond donors (Lipinski definition) is 1. The van der Waals surface area contributed by atoms with Crippen LogP contribution in [-0.4, -0.2) is 42.3 Å². The first-order valence-corrected chi connectivity index (χ1v) is 7.47. The zero-order chi connectivity index (χ0) is 13.4. The van der Waals surface area contributed by atoms with Gasteiger partial charge in [0.15, 0.2) is 0 Å². The van der Waals surface area contributed by atoms with Gasteiger partial charge in [-0.15, -0.1) is 0 Å². The molecule has 3 heteroatoms. The first kappa shape index (κ1) is 14.3. The molecule has 1 aliphatic carbocycles. The Morgan fingerprint density at radius 1 is 1.17 bits per heavy atom. The molecule has 2 aliphatic rings. The van der Waals surface area contributed by atoms with Gasteiger partial charge >= 0.3 is 0 Å². The first-order chi connectivity index (χ1) is 8.37. The van der Waals surface area contributed by atoms with E-state index >= 15 is 0 Å². The van der Waals surface area contributed by atoms with E-state index in [1.807, 2.05) is 0 Å². The molecule has 1 heterocycles. The summed E-state index contributed by atoms with van der Waals surface area (Å²) in [5.41, 5.74) is 6.85. The van der Waals surface area contributed by atoms with Crippen LogP contribution in [0.1, 0.15) is 53.4 Å². The van der Waals surface area contributed by atoms with E-state index in [1.165, 1.54) is 25.7 Å². The quantitative estimate of drug-likeness (QED) is 0.822. The number of morpholine rings is 1. The summed E-state index contributed by atoms with van der Waals surface area (Å²) in [5.74, 6) is 0. The minimum atomic E-state index is 0.216. The highest BCUT2D eigenvalue weighted by Gasteiger charge is 2.45. The summed E-state index contributed by atoms with van der Waals surface area (Å²) in [5, 5.41) is 0. The van der Waals surface area contributed by atoms with Crippen LogP contribution in [0.25, 0.3) is 0 Å². The Morgan fingerprint density at radius 3 is 2.28 bits per heavy atom. The predicted molar refractivity (Wildman–Crippen MR) is 75.6 cm³/mol. The van der Waals surface area contributed by atoms with Crippen molar-refractivity contribution in [2.75, 3.05) is 19.6 Å². The van der Waals surface area contributed by atoms with Crippen molar-refractivity contribution in [1.29, 1.82) is 0 Å². The van der Waals surface area contributed by atoms with E-state index in [9.17, 15) is 0 Å². The number of hydrogen-bond acceptors (Lipinski definition) is 3. The molecule has 1 aliphatic heterocycles. The lowest BCUT2D eigenvalue weighted by Crippen LogP contribution is -2.62. The second kappa shape index (κ2) is 5.10. The van der Waals surface area contributed by atoms with Crippen LogP contribution in [0.5, 0.6) is 0 Å². The van der Waals surface area contributed by atoms with Crippen molar-refractivity contribution in [3.63, 3.8) is 0 Å². The fourth-order valence-corrected chi connectivity index (χ4v) is 4.10. The Kier molecular flexibility index (Phi) is 4.05. The van der Waals surface area contributed by atoms with E-state index < -0.39 is 0 Å². The fourth-order valence-electron chi connectivity index (χ4n) is 4.10. The normalized spacial score (nSPS) is 41.8. The monoisotopic (exact) mass is 254 g/mol. The van der Waals surface area contributed by atoms with Gasteiger partial charge in [-0.25, -0.2) is 0 Å². The van der Waals surface area contributed by atoms with Gasteiger partial charge in [-0.1, -0.05) is 20.3 Å². The zero-order valence-corrected chi connectivity index (χ0v) is 12.5. The molecule has 1 saturated carbocycles. The summed E-state index contributed by atoms with van der Waals surface area (Å²) < 4.78 is 5.87. The van der Waals surface area contributed by atoms with E-state index in [4.69, 9.17) is 10.5 Å². The van der Waals surface area contributed by atoms with Crippen LogP contribution in [0, 0.1) is 5.41 Å². The van der Waals surface area contributed by atoms with Crippen LogP contribution >= 0.6 is 0 Å². The Labute approximate surface area is 112 Å². The molecule has 0 spiro atoms. The molecule has 3 atom stereocenters. The smallest absolute Gasteiger partial charge is 0.0678 e. The highest BCUT2D eigenvalue weighted by molar-refractivity contribution is 5.01. The van der Waals surface area contributed by atoms with Gasteiger partial charge in [-0.05, 0) is 38.5 Å². The molecule has 2 rings (SSSR count). The lowest BCUT2D eigenvalue weighted by molar-refractivity contribution is -0.116. The van der Waals surface area contributed by atoms with Gasteiger partial charge in [0.2, 0.25) is 0 Å². The number of rotatable bonds is 2. The molecule has 0 radical (unpaired) electrons. The van der Waals surface area contributed by atoms with Crippen LogP contribution in [0.3, 0.4) is 0 Å². The topological polar surface area (TPSA) is 38.5 Å². The lowest BCUT2D eigenvalue weighted by atomic mass is 9.67. The van der Waals surface area contributed by atoms with Crippen molar-refractivity contribution in [1.82, 2.24) is 4.90 Å². The van der Waals surface area contributed by atoms with Crippen molar-refractivity contribution in [2.24, 2.45) is 11.1 Å². The van der Waals surface area contributed by atoms with Gasteiger partial charge in [-0.3, -0.25) is 4.90 Å². The van der Waals surface area contributed by atoms with E-state index in [-0.39, 0.29) is 5.54 Å². The van der Waals surface area contributed by atoms with Crippen molar-refractivity contribution in [3.05, 3.63) is 0 Å². The predicted octanol–water partition coefficient (Wildman–Crippen LogP) is 2.39. The Balaban J connectivity index is 2.15. The molecule has 3 unspecified atom stereocenters. The lowest BCUT2D eigenvalue weighted by Gasteiger charge is -2.53. The molecule has 1 saturated heterocycles. The summed E-state index contributed by atoms with van der Waals surface area (Å²) in [6.45, 7) is 12.0. The third kappa shape index (κ3) is 2.89. The second-order valence-corrected chi connectivity index (χ2v) is 7.29. The maximum absolute atomic E-state index is 6.20. The summed E-state index contributed by atoms with van der Waals surface area (Å²) in [6.07, 6.45) is 5.81. The van der Waals surface area contributed by atoms with Gasteiger partial charge in [-0.2, -0.15) is 0 Å². The van der Waals surface area contributed by atoms with Gasteiger partial charge in [0, 0.05) is 25.2 Å². The zero-order valence-electron chi connectivity index (χ0n) is 12.5. The van der Waals surface area contributed by atoms with Crippen LogP contribution in [0.15, 0.2) is 0 Å². The summed E-state index contributed by atoms with van der Waals surface area (Å²) in [7, 11) is 0. The highest BCUT2D eigenvalue weighted by atomic mass is 16.5. The SMILES string of the molecule is CC1CN(C2(CN)CCCC(C)(C)C2)CC(C)O1. The minimum absolute atomic E-state index is 0.216. The molecular formula is C15H30N2O. The molecule has 18 heavy (non-hydrogen) atoms. The maximum atomic E-state index is 6.20. The van der Waals surface area contributed by atoms with E-state index in [1.54, 1.807) is 0 Å². The van der Waals surface area contributed by atoms with Crippen LogP contribution in [0.4, 0.5) is 0 Å². The molecule has 0 bridgehead atoms. The Morgan fingerprint density at radius 2 is 1.78 bits per heavy atom. The average molecular weight is 254 g/mol. The molecule has 106 valence electrons. The number of nitrogens with two attached hydrogens (primary N) is 1. The van der Waals surface area contributed by atoms with Crippen LogP contribution in [-0.2, 0) is 4.74 Å². The molecule has 0 aromatic rings. The summed E-state index contributed by atoms with van der Waals surface area (Å²) >= 11 is 0. The molecule has 2 fully saturated rings. The molecule has 0 amide bonds. The molecule has 0 aromatic heterocycles. The van der Waals surface area contributed by atoms with Gasteiger partial charge < -0.3 is 10.5 Å². The Hall–Kier alpha value is -0.120. The highest BCUT2D eigenvalue weighted by Crippen LogP contribution is 2.44. The van der Waals surface area contributed by atoms with Crippen molar-refractivity contribution < 1.29 is 4.74 Å².